The summed E-state index contributed by atoms with van der Waals surface area (Å²) in [4.78, 5) is 28.4. The molecule has 2 aromatic carbocycles. The van der Waals surface area contributed by atoms with E-state index in [0.717, 1.165) is 19.6 Å². The molecule has 1 aromatic heterocycles. The number of halogens is 1. The van der Waals surface area contributed by atoms with E-state index in [0.29, 0.717) is 30.8 Å². The maximum Gasteiger partial charge on any atom is 0.341 e. The Bertz CT molecular complexity index is 1380. The fraction of sp³-hybridized carbons (Fsp3) is 0.310. The van der Waals surface area contributed by atoms with Crippen LogP contribution in [0.2, 0.25) is 0 Å². The van der Waals surface area contributed by atoms with Crippen LogP contribution in [0.1, 0.15) is 42.3 Å². The van der Waals surface area contributed by atoms with Crippen molar-refractivity contribution in [3.63, 3.8) is 0 Å². The highest BCUT2D eigenvalue weighted by molar-refractivity contribution is 5.93. The van der Waals surface area contributed by atoms with Crippen molar-refractivity contribution in [1.29, 1.82) is 0 Å². The van der Waals surface area contributed by atoms with E-state index in [1.807, 2.05) is 31.7 Å². The number of nitrogens with zero attached hydrogens (tertiary/aromatic N) is 3. The molecule has 1 N–H and O–H groups in total. The molecule has 0 amide bonds. The van der Waals surface area contributed by atoms with Crippen molar-refractivity contribution < 1.29 is 14.3 Å². The molecular formula is C29H32FN3O3. The van der Waals surface area contributed by atoms with Gasteiger partial charge in [-0.25, -0.2) is 9.18 Å². The minimum atomic E-state index is -1.31. The molecule has 3 aromatic rings. The summed E-state index contributed by atoms with van der Waals surface area (Å²) in [5, 5.41) is 9.44. The highest BCUT2D eigenvalue weighted by Crippen LogP contribution is 2.27. The van der Waals surface area contributed by atoms with E-state index in [2.05, 4.69) is 41.3 Å². The van der Waals surface area contributed by atoms with Crippen LogP contribution >= 0.6 is 0 Å². The second-order valence-corrected chi connectivity index (χ2v) is 8.99. The Kier molecular flexibility index (Phi) is 7.70. The summed E-state index contributed by atoms with van der Waals surface area (Å²) in [6.07, 6.45) is 7.58. The van der Waals surface area contributed by atoms with Crippen LogP contribution in [0.3, 0.4) is 0 Å². The van der Waals surface area contributed by atoms with Crippen LogP contribution in [-0.4, -0.2) is 46.7 Å². The number of carbonyl (C=O) groups is 1. The van der Waals surface area contributed by atoms with Crippen LogP contribution in [0, 0.1) is 5.82 Å². The van der Waals surface area contributed by atoms with Crippen molar-refractivity contribution in [2.24, 2.45) is 0 Å². The minimum absolute atomic E-state index is 0.0931. The van der Waals surface area contributed by atoms with Gasteiger partial charge >= 0.3 is 5.97 Å². The summed E-state index contributed by atoms with van der Waals surface area (Å²) in [5.74, 6) is -1.81. The number of carboxylic acids is 1. The Morgan fingerprint density at radius 3 is 2.36 bits per heavy atom. The van der Waals surface area contributed by atoms with Gasteiger partial charge in [0.15, 0.2) is 0 Å². The van der Waals surface area contributed by atoms with Gasteiger partial charge in [-0.1, -0.05) is 42.5 Å². The van der Waals surface area contributed by atoms with Crippen LogP contribution < -0.4 is 10.3 Å². The van der Waals surface area contributed by atoms with Crippen LogP contribution in [0.15, 0.2) is 65.6 Å². The lowest BCUT2D eigenvalue weighted by Gasteiger charge is -2.36. The van der Waals surface area contributed by atoms with Crippen molar-refractivity contribution in [3.05, 3.63) is 93.6 Å². The molecule has 7 heteroatoms. The first kappa shape index (κ1) is 25.4. The molecule has 1 saturated heterocycles. The zero-order chi connectivity index (χ0) is 25.8. The number of benzene rings is 2. The lowest BCUT2D eigenvalue weighted by Crippen LogP contribution is -2.46. The van der Waals surface area contributed by atoms with Gasteiger partial charge in [0.2, 0.25) is 5.43 Å². The molecule has 1 aliphatic rings. The molecule has 0 saturated carbocycles. The zero-order valence-electron chi connectivity index (χ0n) is 21.0. The van der Waals surface area contributed by atoms with Crippen LogP contribution in [0.5, 0.6) is 0 Å². The van der Waals surface area contributed by atoms with E-state index >= 15 is 4.39 Å². The average Bonchev–Trinajstić information content (AvgIpc) is 2.88. The summed E-state index contributed by atoms with van der Waals surface area (Å²) >= 11 is 0. The lowest BCUT2D eigenvalue weighted by atomic mass is 10.0. The number of piperazine rings is 1. The quantitative estimate of drug-likeness (QED) is 0.465. The number of aryl methyl sites for hydroxylation is 1. The summed E-state index contributed by atoms with van der Waals surface area (Å²) in [6.45, 7) is 10.1. The zero-order valence-corrected chi connectivity index (χ0v) is 21.0. The number of allylic oxidation sites excluding steroid dienone is 4. The summed E-state index contributed by atoms with van der Waals surface area (Å²) in [5.41, 5.74) is 3.61. The van der Waals surface area contributed by atoms with E-state index in [1.165, 1.54) is 29.0 Å². The number of fused-ring (bicyclic) bond motifs is 1. The first-order chi connectivity index (χ1) is 17.4. The topological polar surface area (TPSA) is 65.8 Å². The molecule has 0 bridgehead atoms. The first-order valence-electron chi connectivity index (χ1n) is 12.3. The number of pyridine rings is 1. The SMILES string of the molecule is C/C=C\C(=C/C)c1ccc(CN2CCN(c3cc4c(cc3F)c(=O)c(C(=O)O)cn4CC)CC2)cc1. The minimum Gasteiger partial charge on any atom is -0.477 e. The van der Waals surface area contributed by atoms with E-state index in [-0.39, 0.29) is 10.9 Å². The largest absolute Gasteiger partial charge is 0.477 e. The number of rotatable bonds is 7. The normalized spacial score (nSPS) is 15.2. The smallest absolute Gasteiger partial charge is 0.341 e. The van der Waals surface area contributed by atoms with Gasteiger partial charge in [0, 0.05) is 50.9 Å². The number of aromatic nitrogens is 1. The molecule has 2 heterocycles. The fourth-order valence-electron chi connectivity index (χ4n) is 4.80. The van der Waals surface area contributed by atoms with Gasteiger partial charge < -0.3 is 14.6 Å². The standard InChI is InChI=1S/C29H32FN3O3/c1-4-7-21(5-2)22-10-8-20(9-11-22)18-31-12-14-33(15-13-31)27-17-26-23(16-25(27)30)28(34)24(29(35)36)19-32(26)6-3/h4-5,7-11,16-17,19H,6,12-15,18H2,1-3H3,(H,35,36)/b7-4-,21-5+. The molecule has 0 spiro atoms. The second kappa shape index (κ2) is 10.9. The Morgan fingerprint density at radius 1 is 1.08 bits per heavy atom. The number of hydrogen-bond acceptors (Lipinski definition) is 4. The molecule has 1 aliphatic heterocycles. The first-order valence-corrected chi connectivity index (χ1v) is 12.3. The lowest BCUT2D eigenvalue weighted by molar-refractivity contribution is 0.0695. The van der Waals surface area contributed by atoms with Gasteiger partial charge in [0.05, 0.1) is 11.2 Å². The van der Waals surface area contributed by atoms with Gasteiger partial charge in [0.25, 0.3) is 0 Å². The molecule has 36 heavy (non-hydrogen) atoms. The molecular weight excluding hydrogens is 457 g/mol. The summed E-state index contributed by atoms with van der Waals surface area (Å²) in [7, 11) is 0. The third-order valence-corrected chi connectivity index (χ3v) is 6.78. The molecule has 1 fully saturated rings. The Labute approximate surface area is 210 Å². The maximum atomic E-state index is 15.1. The maximum absolute atomic E-state index is 15.1. The molecule has 0 radical (unpaired) electrons. The van der Waals surface area contributed by atoms with Crippen LogP contribution in [0.25, 0.3) is 16.5 Å². The highest BCUT2D eigenvalue weighted by Gasteiger charge is 2.22. The van der Waals surface area contributed by atoms with Gasteiger partial charge in [-0.2, -0.15) is 0 Å². The molecule has 0 unspecified atom stereocenters. The van der Waals surface area contributed by atoms with E-state index in [1.54, 1.807) is 10.6 Å². The van der Waals surface area contributed by atoms with E-state index in [4.69, 9.17) is 0 Å². The van der Waals surface area contributed by atoms with Gasteiger partial charge in [-0.15, -0.1) is 0 Å². The van der Waals surface area contributed by atoms with Gasteiger partial charge in [-0.05, 0) is 49.6 Å². The molecule has 0 atom stereocenters. The van der Waals surface area contributed by atoms with Crippen molar-refractivity contribution in [1.82, 2.24) is 9.47 Å². The Hall–Kier alpha value is -3.71. The van der Waals surface area contributed by atoms with Crippen molar-refractivity contribution in [2.75, 3.05) is 31.1 Å². The van der Waals surface area contributed by atoms with Crippen molar-refractivity contribution in [3.8, 4) is 0 Å². The predicted octanol–water partition coefficient (Wildman–Crippen LogP) is 5.16. The van der Waals surface area contributed by atoms with Gasteiger partial charge in [0.1, 0.15) is 11.4 Å². The number of anilines is 1. The third kappa shape index (κ3) is 5.11. The second-order valence-electron chi connectivity index (χ2n) is 8.99. The van der Waals surface area contributed by atoms with E-state index in [9.17, 15) is 14.7 Å². The Morgan fingerprint density at radius 2 is 1.78 bits per heavy atom. The molecule has 4 rings (SSSR count). The van der Waals surface area contributed by atoms with Gasteiger partial charge in [-0.3, -0.25) is 9.69 Å². The summed E-state index contributed by atoms with van der Waals surface area (Å²) < 4.78 is 16.8. The average molecular weight is 490 g/mol. The number of carboxylic acid groups (broad SMARTS) is 1. The third-order valence-electron chi connectivity index (χ3n) is 6.78. The monoisotopic (exact) mass is 489 g/mol. The van der Waals surface area contributed by atoms with Crippen molar-refractivity contribution >= 4 is 28.1 Å². The van der Waals surface area contributed by atoms with E-state index < -0.39 is 17.2 Å². The Balaban J connectivity index is 1.49. The van der Waals surface area contributed by atoms with Crippen LogP contribution in [-0.2, 0) is 13.1 Å². The summed E-state index contributed by atoms with van der Waals surface area (Å²) in [6, 6.07) is 11.5. The fourth-order valence-corrected chi connectivity index (χ4v) is 4.80. The number of aromatic carboxylic acids is 1. The molecule has 188 valence electrons. The van der Waals surface area contributed by atoms with Crippen LogP contribution in [0.4, 0.5) is 10.1 Å². The molecule has 0 aliphatic carbocycles. The predicted molar refractivity (Wildman–Crippen MR) is 143 cm³/mol. The van der Waals surface area contributed by atoms with Crippen molar-refractivity contribution in [2.45, 2.75) is 33.9 Å². The highest BCUT2D eigenvalue weighted by atomic mass is 19.1. The number of hydrogen-bond donors (Lipinski definition) is 1. The molecule has 6 nitrogen and oxygen atoms in total.